The molecule has 0 unspecified atom stereocenters. The van der Waals surface area contributed by atoms with Crippen molar-refractivity contribution in [2.45, 2.75) is 19.4 Å². The Bertz CT molecular complexity index is 426. The number of carbonyl (C=O) groups is 1. The van der Waals surface area contributed by atoms with Crippen molar-refractivity contribution in [1.82, 2.24) is 25.0 Å². The van der Waals surface area contributed by atoms with Crippen LogP contribution in [-0.2, 0) is 0 Å². The van der Waals surface area contributed by atoms with Crippen LogP contribution in [0.25, 0.3) is 0 Å². The number of aromatic amines is 1. The molecule has 3 N–H and O–H groups in total. The summed E-state index contributed by atoms with van der Waals surface area (Å²) in [5, 5.41) is 6.22. The lowest BCUT2D eigenvalue weighted by Crippen LogP contribution is -2.59. The van der Waals surface area contributed by atoms with E-state index in [4.69, 9.17) is 5.73 Å². The van der Waals surface area contributed by atoms with Crippen molar-refractivity contribution < 1.29 is 4.79 Å². The summed E-state index contributed by atoms with van der Waals surface area (Å²) >= 11 is 0. The number of anilines is 1. The summed E-state index contributed by atoms with van der Waals surface area (Å²) in [6.45, 7) is 6.44. The van der Waals surface area contributed by atoms with E-state index in [1.54, 1.807) is 4.90 Å². The summed E-state index contributed by atoms with van der Waals surface area (Å²) in [4.78, 5) is 20.0. The van der Waals surface area contributed by atoms with Crippen molar-refractivity contribution >= 4 is 11.9 Å². The number of carbonyl (C=O) groups excluding carboxylic acids is 1. The molecular weight excluding hydrogens is 220 g/mol. The standard InChI is InChI=1S/C10H18N6O/c1-10(2)6-16(5-4-15(10)3)8(17)7-12-9(11)14-13-7/h4-6H2,1-3H3,(H3,11,12,13,14). The minimum Gasteiger partial charge on any atom is -0.366 e. The third kappa shape index (κ3) is 2.23. The maximum absolute atomic E-state index is 12.1. The first kappa shape index (κ1) is 11.8. The van der Waals surface area contributed by atoms with Crippen LogP contribution < -0.4 is 5.73 Å². The van der Waals surface area contributed by atoms with Gasteiger partial charge in [-0.05, 0) is 20.9 Å². The zero-order valence-electron chi connectivity index (χ0n) is 10.4. The van der Waals surface area contributed by atoms with Gasteiger partial charge >= 0.3 is 0 Å². The quantitative estimate of drug-likeness (QED) is 0.691. The van der Waals surface area contributed by atoms with E-state index >= 15 is 0 Å². The molecule has 0 radical (unpaired) electrons. The first-order valence-corrected chi connectivity index (χ1v) is 5.58. The second kappa shape index (κ2) is 3.99. The number of amides is 1. The molecule has 1 aromatic heterocycles. The topological polar surface area (TPSA) is 91.1 Å². The fourth-order valence-electron chi connectivity index (χ4n) is 1.93. The molecule has 2 rings (SSSR count). The molecule has 1 aliphatic rings. The van der Waals surface area contributed by atoms with E-state index in [1.807, 2.05) is 0 Å². The molecule has 7 heteroatoms. The smallest absolute Gasteiger partial charge is 0.291 e. The summed E-state index contributed by atoms with van der Waals surface area (Å²) in [6.07, 6.45) is 0. The maximum atomic E-state index is 12.1. The molecule has 0 saturated carbocycles. The molecule has 1 fully saturated rings. The van der Waals surface area contributed by atoms with Crippen LogP contribution in [0.15, 0.2) is 0 Å². The molecule has 0 aromatic carbocycles. The van der Waals surface area contributed by atoms with Crippen molar-refractivity contribution in [2.75, 3.05) is 32.4 Å². The van der Waals surface area contributed by atoms with Crippen LogP contribution in [0.4, 0.5) is 5.95 Å². The van der Waals surface area contributed by atoms with Gasteiger partial charge in [-0.25, -0.2) is 0 Å². The Hall–Kier alpha value is -1.63. The van der Waals surface area contributed by atoms with E-state index in [1.165, 1.54) is 0 Å². The number of nitrogens with zero attached hydrogens (tertiary/aromatic N) is 4. The molecule has 94 valence electrons. The molecule has 0 bridgehead atoms. The predicted octanol–water partition coefficient (Wildman–Crippen LogP) is -0.447. The summed E-state index contributed by atoms with van der Waals surface area (Å²) < 4.78 is 0. The number of aromatic nitrogens is 3. The molecule has 0 spiro atoms. The molecular formula is C10H18N6O. The van der Waals surface area contributed by atoms with Crippen LogP contribution in [0.3, 0.4) is 0 Å². The van der Waals surface area contributed by atoms with Gasteiger partial charge in [-0.15, -0.1) is 5.10 Å². The second-order valence-electron chi connectivity index (χ2n) is 5.00. The van der Waals surface area contributed by atoms with Crippen molar-refractivity contribution in [2.24, 2.45) is 0 Å². The van der Waals surface area contributed by atoms with E-state index in [2.05, 4.69) is 41.0 Å². The van der Waals surface area contributed by atoms with E-state index in [0.29, 0.717) is 13.1 Å². The number of nitrogen functional groups attached to an aromatic ring is 1. The van der Waals surface area contributed by atoms with Gasteiger partial charge in [0.05, 0.1) is 0 Å². The number of nitrogens with one attached hydrogen (secondary N) is 1. The molecule has 17 heavy (non-hydrogen) atoms. The average molecular weight is 238 g/mol. The molecule has 1 aromatic rings. The normalized spacial score (nSPS) is 20.5. The van der Waals surface area contributed by atoms with Crippen molar-refractivity contribution in [3.05, 3.63) is 5.82 Å². The van der Waals surface area contributed by atoms with Gasteiger partial charge in [0.25, 0.3) is 5.91 Å². The Balaban J connectivity index is 2.11. The maximum Gasteiger partial charge on any atom is 0.291 e. The highest BCUT2D eigenvalue weighted by molar-refractivity contribution is 5.90. The van der Waals surface area contributed by atoms with Crippen LogP contribution in [0, 0.1) is 0 Å². The molecule has 0 atom stereocenters. The van der Waals surface area contributed by atoms with Gasteiger partial charge in [0, 0.05) is 25.2 Å². The fraction of sp³-hybridized carbons (Fsp3) is 0.700. The number of H-pyrrole nitrogens is 1. The number of hydrogen-bond donors (Lipinski definition) is 2. The van der Waals surface area contributed by atoms with Gasteiger partial charge < -0.3 is 10.6 Å². The zero-order valence-corrected chi connectivity index (χ0v) is 10.4. The van der Waals surface area contributed by atoms with E-state index in [9.17, 15) is 4.79 Å². The second-order valence-corrected chi connectivity index (χ2v) is 5.00. The average Bonchev–Trinajstić information content (AvgIpc) is 2.68. The van der Waals surface area contributed by atoms with Gasteiger partial charge in [-0.2, -0.15) is 4.98 Å². The van der Waals surface area contributed by atoms with Gasteiger partial charge in [0.1, 0.15) is 0 Å². The highest BCUT2D eigenvalue weighted by Gasteiger charge is 2.34. The molecule has 7 nitrogen and oxygen atoms in total. The Morgan fingerprint density at radius 3 is 2.71 bits per heavy atom. The lowest BCUT2D eigenvalue weighted by atomic mass is 10.00. The molecule has 1 saturated heterocycles. The molecule has 1 amide bonds. The highest BCUT2D eigenvalue weighted by Crippen LogP contribution is 2.19. The fourth-order valence-corrected chi connectivity index (χ4v) is 1.93. The number of rotatable bonds is 1. The van der Waals surface area contributed by atoms with Crippen LogP contribution in [-0.4, -0.2) is 63.1 Å². The van der Waals surface area contributed by atoms with Crippen LogP contribution >= 0.6 is 0 Å². The lowest BCUT2D eigenvalue weighted by Gasteiger charge is -2.45. The third-order valence-electron chi connectivity index (χ3n) is 3.31. The van der Waals surface area contributed by atoms with Crippen molar-refractivity contribution in [1.29, 1.82) is 0 Å². The Labute approximate surface area is 100.0 Å². The number of piperazine rings is 1. The largest absolute Gasteiger partial charge is 0.366 e. The van der Waals surface area contributed by atoms with Crippen molar-refractivity contribution in [3.8, 4) is 0 Å². The number of likely N-dealkylation sites (N-methyl/N-ethyl adjacent to an activating group) is 1. The Morgan fingerprint density at radius 1 is 1.47 bits per heavy atom. The molecule has 1 aliphatic heterocycles. The lowest BCUT2D eigenvalue weighted by molar-refractivity contribution is 0.0303. The predicted molar refractivity (Wildman–Crippen MR) is 63.4 cm³/mol. The Kier molecular flexibility index (Phi) is 2.78. The minimum absolute atomic E-state index is 0.0283. The van der Waals surface area contributed by atoms with E-state index < -0.39 is 0 Å². The minimum atomic E-state index is -0.143. The van der Waals surface area contributed by atoms with Gasteiger partial charge in [0.2, 0.25) is 11.8 Å². The van der Waals surface area contributed by atoms with Crippen LogP contribution in [0.1, 0.15) is 24.5 Å². The zero-order chi connectivity index (χ0) is 12.6. The SMILES string of the molecule is CN1CCN(C(=O)c2nc(N)n[nH]2)CC1(C)C. The molecule has 0 aliphatic carbocycles. The van der Waals surface area contributed by atoms with Crippen molar-refractivity contribution in [3.63, 3.8) is 0 Å². The summed E-state index contributed by atoms with van der Waals surface area (Å²) in [5.41, 5.74) is 5.36. The highest BCUT2D eigenvalue weighted by atomic mass is 16.2. The van der Waals surface area contributed by atoms with E-state index in [-0.39, 0.29) is 23.2 Å². The van der Waals surface area contributed by atoms with E-state index in [0.717, 1.165) is 6.54 Å². The van der Waals surface area contributed by atoms with Gasteiger partial charge in [0.15, 0.2) is 0 Å². The Morgan fingerprint density at radius 2 is 2.18 bits per heavy atom. The summed E-state index contributed by atoms with van der Waals surface area (Å²) in [6, 6.07) is 0. The van der Waals surface area contributed by atoms with Gasteiger partial charge in [-0.1, -0.05) is 0 Å². The first-order chi connectivity index (χ1) is 7.90. The first-order valence-electron chi connectivity index (χ1n) is 5.58. The monoisotopic (exact) mass is 238 g/mol. The molecule has 2 heterocycles. The summed E-state index contributed by atoms with van der Waals surface area (Å²) in [5.74, 6) is 0.167. The number of nitrogens with two attached hydrogens (primary N) is 1. The van der Waals surface area contributed by atoms with Gasteiger partial charge in [-0.3, -0.25) is 14.8 Å². The summed E-state index contributed by atoms with van der Waals surface area (Å²) in [7, 11) is 2.06. The number of hydrogen-bond acceptors (Lipinski definition) is 5. The van der Waals surface area contributed by atoms with Crippen LogP contribution in [0.5, 0.6) is 0 Å². The van der Waals surface area contributed by atoms with Crippen LogP contribution in [0.2, 0.25) is 0 Å². The third-order valence-corrected chi connectivity index (χ3v) is 3.31.